The Balaban J connectivity index is 1.16. The number of anilines is 2. The smallest absolute Gasteiger partial charge is 0.262 e. The van der Waals surface area contributed by atoms with Gasteiger partial charge in [-0.3, -0.25) is 18.6 Å². The molecular formula is C32H36N4O5S. The molecular weight excluding hydrogens is 552 g/mol. The summed E-state index contributed by atoms with van der Waals surface area (Å²) in [5.41, 5.74) is 8.63. The van der Waals surface area contributed by atoms with Crippen molar-refractivity contribution >= 4 is 39.9 Å². The van der Waals surface area contributed by atoms with Crippen LogP contribution in [0.5, 0.6) is 5.75 Å². The highest BCUT2D eigenvalue weighted by atomic mass is 32.2. The molecule has 1 aliphatic heterocycles. The second-order valence-corrected chi connectivity index (χ2v) is 12.2. The van der Waals surface area contributed by atoms with Gasteiger partial charge >= 0.3 is 0 Å². The first-order chi connectivity index (χ1) is 20.4. The second kappa shape index (κ2) is 13.8. The molecule has 3 amide bonds. The Morgan fingerprint density at radius 2 is 1.67 bits per heavy atom. The van der Waals surface area contributed by atoms with Crippen molar-refractivity contribution in [2.45, 2.75) is 56.0 Å². The Hall–Kier alpha value is -4.02. The summed E-state index contributed by atoms with van der Waals surface area (Å²) >= 11 is 0. The van der Waals surface area contributed by atoms with E-state index in [4.69, 9.17) is 10.5 Å². The maximum absolute atomic E-state index is 13.4. The van der Waals surface area contributed by atoms with Gasteiger partial charge in [-0.25, -0.2) is 0 Å². The topological polar surface area (TPSA) is 131 Å². The van der Waals surface area contributed by atoms with E-state index in [1.54, 1.807) is 54.6 Å². The maximum atomic E-state index is 13.4. The normalized spacial score (nSPS) is 14.7. The SMILES string of the molecule is NCCCCCCS(=O)c1ccc(NC(=O)c2ccc(CN(C(=O)c3ccc4c(c3)OCC(=O)N4)C3CC3)cc2)cc1. The van der Waals surface area contributed by atoms with E-state index in [1.165, 1.54) is 0 Å². The lowest BCUT2D eigenvalue weighted by atomic mass is 10.1. The number of nitrogens with two attached hydrogens (primary N) is 1. The lowest BCUT2D eigenvalue weighted by Gasteiger charge is -2.24. The van der Waals surface area contributed by atoms with Crippen molar-refractivity contribution in [1.29, 1.82) is 0 Å². The van der Waals surface area contributed by atoms with Crippen molar-refractivity contribution in [2.75, 3.05) is 29.5 Å². The average molecular weight is 589 g/mol. The molecule has 0 spiro atoms. The van der Waals surface area contributed by atoms with Crippen LogP contribution in [0, 0.1) is 0 Å². The van der Waals surface area contributed by atoms with Gasteiger partial charge in [-0.1, -0.05) is 25.0 Å². The number of hydrogen-bond donors (Lipinski definition) is 3. The van der Waals surface area contributed by atoms with Crippen LogP contribution in [0.4, 0.5) is 11.4 Å². The zero-order valence-electron chi connectivity index (χ0n) is 23.5. The Kier molecular flexibility index (Phi) is 9.66. The molecule has 1 unspecified atom stereocenters. The molecule has 0 saturated heterocycles. The number of unbranched alkanes of at least 4 members (excludes halogenated alkanes) is 3. The highest BCUT2D eigenvalue weighted by Crippen LogP contribution is 2.33. The van der Waals surface area contributed by atoms with Crippen LogP contribution in [0.15, 0.2) is 71.6 Å². The number of carbonyl (C=O) groups excluding carboxylic acids is 3. The average Bonchev–Trinajstić information content (AvgIpc) is 3.85. The fourth-order valence-electron chi connectivity index (χ4n) is 4.83. The van der Waals surface area contributed by atoms with E-state index in [-0.39, 0.29) is 30.4 Å². The molecule has 0 aromatic heterocycles. The summed E-state index contributed by atoms with van der Waals surface area (Å²) in [4.78, 5) is 40.4. The minimum absolute atomic E-state index is 0.0700. The van der Waals surface area contributed by atoms with Gasteiger partial charge in [0.25, 0.3) is 17.7 Å². The number of hydrogen-bond acceptors (Lipinski definition) is 6. The van der Waals surface area contributed by atoms with Crippen molar-refractivity contribution in [2.24, 2.45) is 5.73 Å². The number of carbonyl (C=O) groups is 3. The van der Waals surface area contributed by atoms with Gasteiger partial charge in [0.1, 0.15) is 5.75 Å². The summed E-state index contributed by atoms with van der Waals surface area (Å²) in [5.74, 6) is 0.548. The van der Waals surface area contributed by atoms with Gasteiger partial charge in [-0.2, -0.15) is 0 Å². The summed E-state index contributed by atoms with van der Waals surface area (Å²) in [6.45, 7) is 1.04. The van der Waals surface area contributed by atoms with Crippen molar-refractivity contribution < 1.29 is 23.3 Å². The third-order valence-corrected chi connectivity index (χ3v) is 8.80. The lowest BCUT2D eigenvalue weighted by molar-refractivity contribution is -0.118. The Morgan fingerprint density at radius 3 is 2.38 bits per heavy atom. The first kappa shape index (κ1) is 29.5. The zero-order valence-corrected chi connectivity index (χ0v) is 24.3. The van der Waals surface area contributed by atoms with E-state index in [0.29, 0.717) is 47.1 Å². The summed E-state index contributed by atoms with van der Waals surface area (Å²) < 4.78 is 18.0. The van der Waals surface area contributed by atoms with Gasteiger partial charge in [0, 0.05) is 40.0 Å². The van der Waals surface area contributed by atoms with Gasteiger partial charge in [-0.05, 0) is 92.4 Å². The molecule has 220 valence electrons. The number of amides is 3. The standard InChI is InChI=1S/C32H36N4O5S/c33-17-3-1-2-4-18-42(40)27-14-10-25(11-15-27)34-31(38)23-7-5-22(6-8-23)20-36(26-12-13-26)32(39)24-9-16-28-29(19-24)41-21-30(37)35-28/h5-11,14-16,19,26H,1-4,12-13,17-18,20-21,33H2,(H,34,38)(H,35,37). The van der Waals surface area contributed by atoms with E-state index >= 15 is 0 Å². The molecule has 3 aromatic carbocycles. The van der Waals surface area contributed by atoms with Crippen LogP contribution < -0.4 is 21.1 Å². The van der Waals surface area contributed by atoms with Crippen LogP contribution in [0.3, 0.4) is 0 Å². The molecule has 1 heterocycles. The number of rotatable bonds is 13. The van der Waals surface area contributed by atoms with Crippen LogP contribution in [0.1, 0.15) is 64.8 Å². The van der Waals surface area contributed by atoms with Crippen LogP contribution >= 0.6 is 0 Å². The fourth-order valence-corrected chi connectivity index (χ4v) is 5.97. The summed E-state index contributed by atoms with van der Waals surface area (Å²) in [6.07, 6.45) is 5.88. The molecule has 5 rings (SSSR count). The number of benzene rings is 3. The first-order valence-corrected chi connectivity index (χ1v) is 15.7. The van der Waals surface area contributed by atoms with Crippen molar-refractivity contribution in [3.05, 3.63) is 83.4 Å². The van der Waals surface area contributed by atoms with Crippen LogP contribution in [0.25, 0.3) is 0 Å². The van der Waals surface area contributed by atoms with Crippen LogP contribution in [0.2, 0.25) is 0 Å². The molecule has 4 N–H and O–H groups in total. The molecule has 1 saturated carbocycles. The predicted octanol–water partition coefficient (Wildman–Crippen LogP) is 4.70. The predicted molar refractivity (Wildman–Crippen MR) is 163 cm³/mol. The first-order valence-electron chi connectivity index (χ1n) is 14.4. The molecule has 10 heteroatoms. The van der Waals surface area contributed by atoms with Crippen molar-refractivity contribution in [3.8, 4) is 5.75 Å². The molecule has 2 aliphatic rings. The largest absolute Gasteiger partial charge is 0.482 e. The van der Waals surface area contributed by atoms with Crippen LogP contribution in [-0.2, 0) is 22.1 Å². The highest BCUT2D eigenvalue weighted by Gasteiger charge is 2.33. The second-order valence-electron chi connectivity index (χ2n) is 10.6. The van der Waals surface area contributed by atoms with Crippen molar-refractivity contribution in [1.82, 2.24) is 4.90 Å². The lowest BCUT2D eigenvalue weighted by Crippen LogP contribution is -2.33. The third kappa shape index (κ3) is 7.63. The molecule has 42 heavy (non-hydrogen) atoms. The molecule has 1 atom stereocenters. The van der Waals surface area contributed by atoms with E-state index in [9.17, 15) is 18.6 Å². The summed E-state index contributed by atoms with van der Waals surface area (Å²) in [5, 5.41) is 5.64. The number of nitrogens with zero attached hydrogens (tertiary/aromatic N) is 1. The fraction of sp³-hybridized carbons (Fsp3) is 0.344. The maximum Gasteiger partial charge on any atom is 0.262 e. The van der Waals surface area contributed by atoms with Crippen molar-refractivity contribution in [3.63, 3.8) is 0 Å². The summed E-state index contributed by atoms with van der Waals surface area (Å²) in [6, 6.07) is 19.6. The number of ether oxygens (including phenoxy) is 1. The van der Waals surface area contributed by atoms with Gasteiger partial charge < -0.3 is 26.0 Å². The van der Waals surface area contributed by atoms with E-state index < -0.39 is 10.8 Å². The number of fused-ring (bicyclic) bond motifs is 1. The van der Waals surface area contributed by atoms with Gasteiger partial charge in [0.2, 0.25) is 0 Å². The minimum atomic E-state index is -1.06. The molecule has 0 radical (unpaired) electrons. The molecule has 1 fully saturated rings. The monoisotopic (exact) mass is 588 g/mol. The number of nitrogens with one attached hydrogen (secondary N) is 2. The van der Waals surface area contributed by atoms with E-state index in [2.05, 4.69) is 10.6 Å². The van der Waals surface area contributed by atoms with Crippen LogP contribution in [-0.4, -0.2) is 51.8 Å². The van der Waals surface area contributed by atoms with Gasteiger partial charge in [-0.15, -0.1) is 0 Å². The Bertz CT molecular complexity index is 1450. The highest BCUT2D eigenvalue weighted by molar-refractivity contribution is 7.85. The molecule has 9 nitrogen and oxygen atoms in total. The third-order valence-electron chi connectivity index (χ3n) is 7.34. The zero-order chi connectivity index (χ0) is 29.5. The van der Waals surface area contributed by atoms with Gasteiger partial charge in [0.05, 0.1) is 16.5 Å². The molecule has 3 aromatic rings. The molecule has 0 bridgehead atoms. The quantitative estimate of drug-likeness (QED) is 0.248. The molecule has 1 aliphatic carbocycles. The van der Waals surface area contributed by atoms with Gasteiger partial charge in [0.15, 0.2) is 6.61 Å². The van der Waals surface area contributed by atoms with E-state index in [0.717, 1.165) is 49.0 Å². The minimum Gasteiger partial charge on any atom is -0.482 e. The Morgan fingerprint density at radius 1 is 0.952 bits per heavy atom. The van der Waals surface area contributed by atoms with E-state index in [1.807, 2.05) is 17.0 Å². The summed E-state index contributed by atoms with van der Waals surface area (Å²) in [7, 11) is -1.06. The Labute approximate surface area is 248 Å².